The SMILES string of the molecule is CCCCCCCCCOc1c(C)c(C)c(O)c(O)c1C(=O)O. The van der Waals surface area contributed by atoms with Crippen LogP contribution in [-0.4, -0.2) is 27.9 Å². The van der Waals surface area contributed by atoms with Crippen LogP contribution in [0.5, 0.6) is 17.2 Å². The number of carbonyl (C=O) groups is 1. The zero-order valence-corrected chi connectivity index (χ0v) is 14.3. The molecule has 3 N–H and O–H groups in total. The van der Waals surface area contributed by atoms with Crippen LogP contribution in [0, 0.1) is 13.8 Å². The van der Waals surface area contributed by atoms with Gasteiger partial charge in [-0.1, -0.05) is 45.4 Å². The van der Waals surface area contributed by atoms with E-state index in [-0.39, 0.29) is 11.3 Å². The number of aromatic carboxylic acids is 1. The van der Waals surface area contributed by atoms with E-state index in [1.807, 2.05) is 0 Å². The van der Waals surface area contributed by atoms with Crippen molar-refractivity contribution in [2.24, 2.45) is 0 Å². The molecule has 0 amide bonds. The summed E-state index contributed by atoms with van der Waals surface area (Å²) in [7, 11) is 0. The number of unbranched alkanes of at least 4 members (excludes halogenated alkanes) is 6. The third-order valence-electron chi connectivity index (χ3n) is 4.15. The van der Waals surface area contributed by atoms with Gasteiger partial charge in [0.15, 0.2) is 11.5 Å². The lowest BCUT2D eigenvalue weighted by atomic mass is 10.0. The summed E-state index contributed by atoms with van der Waals surface area (Å²) in [6.07, 6.45) is 7.98. The van der Waals surface area contributed by atoms with Crippen molar-refractivity contribution in [3.8, 4) is 17.2 Å². The van der Waals surface area contributed by atoms with E-state index in [9.17, 15) is 20.1 Å². The van der Waals surface area contributed by atoms with Gasteiger partial charge in [-0.2, -0.15) is 0 Å². The molecule has 0 unspecified atom stereocenters. The fraction of sp³-hybridized carbons (Fsp3) is 0.611. The van der Waals surface area contributed by atoms with Gasteiger partial charge < -0.3 is 20.1 Å². The number of aromatic hydroxyl groups is 2. The van der Waals surface area contributed by atoms with Gasteiger partial charge in [-0.15, -0.1) is 0 Å². The highest BCUT2D eigenvalue weighted by atomic mass is 16.5. The number of rotatable bonds is 10. The Bertz CT molecular complexity index is 537. The second-order valence-electron chi connectivity index (χ2n) is 5.93. The molecule has 0 spiro atoms. The van der Waals surface area contributed by atoms with Crippen molar-refractivity contribution in [2.75, 3.05) is 6.61 Å². The van der Waals surface area contributed by atoms with Crippen LogP contribution in [0.4, 0.5) is 0 Å². The molecule has 0 fully saturated rings. The fourth-order valence-corrected chi connectivity index (χ4v) is 2.55. The van der Waals surface area contributed by atoms with Gasteiger partial charge in [-0.3, -0.25) is 0 Å². The molecule has 0 aliphatic rings. The maximum atomic E-state index is 11.3. The van der Waals surface area contributed by atoms with E-state index in [2.05, 4.69) is 6.92 Å². The van der Waals surface area contributed by atoms with Gasteiger partial charge in [0.25, 0.3) is 0 Å². The minimum atomic E-state index is -1.31. The number of hydrogen-bond donors (Lipinski definition) is 3. The molecular weight excluding hydrogens is 296 g/mol. The zero-order chi connectivity index (χ0) is 17.4. The maximum absolute atomic E-state index is 11.3. The molecule has 23 heavy (non-hydrogen) atoms. The lowest BCUT2D eigenvalue weighted by molar-refractivity contribution is 0.0687. The molecular formula is C18H28O5. The molecule has 0 saturated carbocycles. The smallest absolute Gasteiger partial charge is 0.343 e. The molecule has 1 aromatic rings. The predicted octanol–water partition coefficient (Wildman–Crippen LogP) is 4.54. The molecule has 0 heterocycles. The minimum Gasteiger partial charge on any atom is -0.504 e. The number of phenolic OH excluding ortho intramolecular Hbond substituents is 1. The second kappa shape index (κ2) is 9.28. The Morgan fingerprint density at radius 2 is 1.48 bits per heavy atom. The number of carboxylic acid groups (broad SMARTS) is 1. The molecule has 0 aliphatic heterocycles. The summed E-state index contributed by atoms with van der Waals surface area (Å²) in [6, 6.07) is 0. The fourth-order valence-electron chi connectivity index (χ4n) is 2.55. The van der Waals surface area contributed by atoms with Gasteiger partial charge >= 0.3 is 5.97 Å². The lowest BCUT2D eigenvalue weighted by Crippen LogP contribution is -2.08. The van der Waals surface area contributed by atoms with Crippen molar-refractivity contribution in [2.45, 2.75) is 65.7 Å². The summed E-state index contributed by atoms with van der Waals surface area (Å²) in [5.41, 5.74) is 0.608. The first-order valence-electron chi connectivity index (χ1n) is 8.32. The largest absolute Gasteiger partial charge is 0.504 e. The summed E-state index contributed by atoms with van der Waals surface area (Å²) in [5.74, 6) is -2.19. The average molecular weight is 324 g/mol. The van der Waals surface area contributed by atoms with Crippen LogP contribution < -0.4 is 4.74 Å². The van der Waals surface area contributed by atoms with Gasteiger partial charge in [0.1, 0.15) is 11.3 Å². The van der Waals surface area contributed by atoms with Gasteiger partial charge in [0.05, 0.1) is 6.61 Å². The normalized spacial score (nSPS) is 10.7. The molecule has 0 radical (unpaired) electrons. The highest BCUT2D eigenvalue weighted by molar-refractivity contribution is 5.96. The van der Waals surface area contributed by atoms with Gasteiger partial charge in [0.2, 0.25) is 0 Å². The highest BCUT2D eigenvalue weighted by Gasteiger charge is 2.25. The maximum Gasteiger partial charge on any atom is 0.343 e. The lowest BCUT2D eigenvalue weighted by Gasteiger charge is -2.16. The Kier molecular flexibility index (Phi) is 7.72. The van der Waals surface area contributed by atoms with Gasteiger partial charge in [0, 0.05) is 5.56 Å². The van der Waals surface area contributed by atoms with Crippen LogP contribution in [0.25, 0.3) is 0 Å². The molecule has 130 valence electrons. The van der Waals surface area contributed by atoms with E-state index in [0.717, 1.165) is 19.3 Å². The van der Waals surface area contributed by atoms with Crippen LogP contribution in [0.15, 0.2) is 0 Å². The van der Waals surface area contributed by atoms with Crippen molar-refractivity contribution in [3.05, 3.63) is 16.7 Å². The third kappa shape index (κ3) is 5.05. The van der Waals surface area contributed by atoms with Crippen LogP contribution >= 0.6 is 0 Å². The number of carboxylic acids is 1. The molecule has 0 saturated heterocycles. The molecule has 0 bridgehead atoms. The second-order valence-corrected chi connectivity index (χ2v) is 5.93. The Hall–Kier alpha value is -1.91. The molecule has 5 nitrogen and oxygen atoms in total. The summed E-state index contributed by atoms with van der Waals surface area (Å²) in [6.45, 7) is 5.89. The number of phenols is 2. The molecule has 5 heteroatoms. The van der Waals surface area contributed by atoms with Gasteiger partial charge in [-0.25, -0.2) is 4.79 Å². The van der Waals surface area contributed by atoms with Crippen LogP contribution in [-0.2, 0) is 0 Å². The van der Waals surface area contributed by atoms with Gasteiger partial charge in [-0.05, 0) is 25.8 Å². The van der Waals surface area contributed by atoms with Crippen molar-refractivity contribution in [1.82, 2.24) is 0 Å². The van der Waals surface area contributed by atoms with Crippen molar-refractivity contribution >= 4 is 5.97 Å². The minimum absolute atomic E-state index is 0.149. The molecule has 0 atom stereocenters. The molecule has 1 aromatic carbocycles. The topological polar surface area (TPSA) is 87.0 Å². The molecule has 0 aliphatic carbocycles. The quantitative estimate of drug-likeness (QED) is 0.434. The standard InChI is InChI=1S/C18H28O5/c1-4-5-6-7-8-9-10-11-23-17-13(3)12(2)15(19)16(20)14(17)18(21)22/h19-20H,4-11H2,1-3H3,(H,21,22). The molecule has 1 rings (SSSR count). The van der Waals surface area contributed by atoms with Crippen LogP contribution in [0.2, 0.25) is 0 Å². The highest BCUT2D eigenvalue weighted by Crippen LogP contribution is 2.42. The van der Waals surface area contributed by atoms with E-state index in [1.54, 1.807) is 13.8 Å². The first kappa shape index (κ1) is 19.1. The van der Waals surface area contributed by atoms with E-state index in [0.29, 0.717) is 17.7 Å². The zero-order valence-electron chi connectivity index (χ0n) is 14.3. The Morgan fingerprint density at radius 1 is 0.913 bits per heavy atom. The van der Waals surface area contributed by atoms with E-state index in [4.69, 9.17) is 4.74 Å². The molecule has 0 aromatic heterocycles. The number of hydrogen-bond acceptors (Lipinski definition) is 4. The van der Waals surface area contributed by atoms with E-state index in [1.165, 1.54) is 25.7 Å². The van der Waals surface area contributed by atoms with Crippen molar-refractivity contribution < 1.29 is 24.9 Å². The monoisotopic (exact) mass is 324 g/mol. The summed E-state index contributed by atoms with van der Waals surface area (Å²) in [4.78, 5) is 11.3. The average Bonchev–Trinajstić information content (AvgIpc) is 2.52. The Morgan fingerprint density at radius 3 is 2.04 bits per heavy atom. The third-order valence-corrected chi connectivity index (χ3v) is 4.15. The van der Waals surface area contributed by atoms with E-state index >= 15 is 0 Å². The summed E-state index contributed by atoms with van der Waals surface area (Å²) < 4.78 is 5.62. The van der Waals surface area contributed by atoms with Crippen molar-refractivity contribution in [1.29, 1.82) is 0 Å². The number of benzene rings is 1. The predicted molar refractivity (Wildman–Crippen MR) is 89.7 cm³/mol. The van der Waals surface area contributed by atoms with Crippen molar-refractivity contribution in [3.63, 3.8) is 0 Å². The Balaban J connectivity index is 2.64. The Labute approximate surface area is 137 Å². The van der Waals surface area contributed by atoms with Crippen LogP contribution in [0.3, 0.4) is 0 Å². The summed E-state index contributed by atoms with van der Waals surface area (Å²) in [5, 5.41) is 28.9. The van der Waals surface area contributed by atoms with E-state index < -0.39 is 17.5 Å². The van der Waals surface area contributed by atoms with Crippen LogP contribution in [0.1, 0.15) is 73.4 Å². The first-order valence-corrected chi connectivity index (χ1v) is 8.32. The number of ether oxygens (including phenoxy) is 1. The first-order chi connectivity index (χ1) is 10.9. The summed E-state index contributed by atoms with van der Waals surface area (Å²) >= 11 is 0.